The number of allylic oxidation sites excluding steroid dienone is 1. The number of ether oxygens (including phenoxy) is 2. The molecule has 0 aromatic carbocycles. The van der Waals surface area contributed by atoms with Gasteiger partial charge in [-0.05, 0) is 6.42 Å². The van der Waals surface area contributed by atoms with Crippen molar-refractivity contribution in [3.8, 4) is 0 Å². The van der Waals surface area contributed by atoms with E-state index in [0.717, 1.165) is 70.5 Å². The molecule has 2 saturated heterocycles. The van der Waals surface area contributed by atoms with Crippen molar-refractivity contribution in [2.75, 3.05) is 75.6 Å². The molecule has 2 fully saturated rings. The number of aliphatic carboxylic acids is 1. The third-order valence-corrected chi connectivity index (χ3v) is 23.3. The van der Waals surface area contributed by atoms with Crippen molar-refractivity contribution in [2.45, 2.75) is 140 Å². The minimum atomic E-state index is -5.58. The number of amides is 4. The lowest BCUT2D eigenvalue weighted by Gasteiger charge is -2.30. The van der Waals surface area contributed by atoms with Gasteiger partial charge in [0.05, 0.1) is 51.3 Å². The smallest absolute Gasteiger partial charge is 0.478 e. The van der Waals surface area contributed by atoms with Crippen LogP contribution in [-0.2, 0) is 106 Å². The van der Waals surface area contributed by atoms with Crippen LogP contribution in [-0.4, -0.2) is 279 Å². The van der Waals surface area contributed by atoms with Gasteiger partial charge in [-0.1, -0.05) is 76.4 Å². The first-order valence-corrected chi connectivity index (χ1v) is 44.8. The molecule has 0 aliphatic carbocycles. The molecule has 4 aromatic heterocycles. The third kappa shape index (κ3) is 35.4. The average molecular weight is 1830 g/mol. The van der Waals surface area contributed by atoms with Gasteiger partial charge in [0.25, 0.3) is 0 Å². The number of nitrogens with zero attached hydrogens (tertiary/aromatic N) is 8. The van der Waals surface area contributed by atoms with Gasteiger partial charge in [-0.3, -0.25) is 65.0 Å². The van der Waals surface area contributed by atoms with Gasteiger partial charge in [-0.25, -0.2) is 62.1 Å². The van der Waals surface area contributed by atoms with Gasteiger partial charge in [0, 0.05) is 80.3 Å². The summed E-state index contributed by atoms with van der Waals surface area (Å²) in [6, 6.07) is 0. The van der Waals surface area contributed by atoms with E-state index in [9.17, 15) is 131 Å². The molecule has 23 N–H and O–H groups in total. The topological polar surface area (TPSA) is 805 Å². The van der Waals surface area contributed by atoms with Crippen molar-refractivity contribution in [1.82, 2.24) is 60.3 Å². The number of thioether (sulfide) groups is 2. The maximum Gasteiger partial charge on any atom is 0.481 e. The Morgan fingerprint density at radius 3 is 1.23 bits per heavy atom. The molecule has 4 amide bonds. The van der Waals surface area contributed by atoms with Crippen LogP contribution >= 0.6 is 70.5 Å². The summed E-state index contributed by atoms with van der Waals surface area (Å²) in [4.78, 5) is 184. The molecule has 0 spiro atoms. The lowest BCUT2D eigenvalue weighted by atomic mass is 9.87. The minimum absolute atomic E-state index is 0.0242. The third-order valence-electron chi connectivity index (χ3n) is 15.3. The maximum atomic E-state index is 12.7. The molecular weight excluding hydrogens is 1740 g/mol. The zero-order chi connectivity index (χ0) is 88.4. The number of aliphatic hydroxyl groups is 6. The van der Waals surface area contributed by atoms with Crippen molar-refractivity contribution in [3.05, 3.63) is 62.8 Å². The standard InChI is InChI=1S/2C26H42N7O18P3S.C5H8O2/c2*1-4-14(34)9-17(36)55-8-7-28-16(35)5-6-29-24(39)21(38)26(2,3)11-48-54(45,46)51-53(43,44)47-10-15-20(50-52(40,41)42)19(37)25(49-15)33-13-32-18-22(27)30-12-31-23(18)33;1-2-3-4-5(6)7/h2*4,12-15,19-21,25,34,37-38H,1,5-11H2,2-3H3,(H,28,35)(H,29,39)(H,43,44)(H,45,46)(H2,27,30,31)(H2,40,41,42);3-4H,2H2,1H3,(H,6,7)/t2*14?,15-,19-,20-,21+,25-;/m11./s1. The first kappa shape index (κ1) is 103. The summed E-state index contributed by atoms with van der Waals surface area (Å²) in [5.41, 5.74) is 8.45. The number of nitrogen functional groups attached to an aromatic ring is 2. The summed E-state index contributed by atoms with van der Waals surface area (Å²) in [5.74, 6) is -3.49. The van der Waals surface area contributed by atoms with Crippen molar-refractivity contribution in [3.63, 3.8) is 0 Å². The number of phosphoric ester groups is 6. The lowest BCUT2D eigenvalue weighted by Crippen LogP contribution is -2.46. The fourth-order valence-corrected chi connectivity index (χ4v) is 16.5. The summed E-state index contributed by atoms with van der Waals surface area (Å²) in [5, 5.41) is 78.6. The average Bonchev–Trinajstić information content (AvgIpc) is 1.62. The lowest BCUT2D eigenvalue weighted by molar-refractivity contribution is -0.137. The predicted molar refractivity (Wildman–Crippen MR) is 403 cm³/mol. The Morgan fingerprint density at radius 2 is 0.915 bits per heavy atom. The fourth-order valence-electron chi connectivity index (χ4n) is 9.43. The van der Waals surface area contributed by atoms with Crippen molar-refractivity contribution in [2.24, 2.45) is 10.8 Å². The second-order valence-electron chi connectivity index (χ2n) is 25.7. The zero-order valence-electron chi connectivity index (χ0n) is 62.4. The molecule has 2 aliphatic heterocycles. The van der Waals surface area contributed by atoms with Crippen LogP contribution < -0.4 is 32.7 Å². The van der Waals surface area contributed by atoms with Crippen molar-refractivity contribution in [1.29, 1.82) is 0 Å². The number of carboxylic acids is 1. The van der Waals surface area contributed by atoms with Gasteiger partial charge >= 0.3 is 52.9 Å². The van der Waals surface area contributed by atoms with Crippen LogP contribution in [0.5, 0.6) is 0 Å². The number of nitrogens with one attached hydrogen (secondary N) is 4. The van der Waals surface area contributed by atoms with Crippen LogP contribution in [0.15, 0.2) is 62.8 Å². The largest absolute Gasteiger partial charge is 0.481 e. The molecule has 117 heavy (non-hydrogen) atoms. The highest BCUT2D eigenvalue weighted by molar-refractivity contribution is 8.13. The molecule has 52 nitrogen and oxygen atoms in total. The number of hydrogen-bond donors (Lipinski definition) is 21. The molecule has 660 valence electrons. The Labute approximate surface area is 672 Å². The number of fused-ring (bicyclic) bond motifs is 2. The van der Waals surface area contributed by atoms with Crippen LogP contribution in [0.3, 0.4) is 0 Å². The number of nitrogens with two attached hydrogens (primary N) is 2. The van der Waals surface area contributed by atoms with E-state index in [2.05, 4.69) is 82.0 Å². The van der Waals surface area contributed by atoms with Crippen LogP contribution in [0.25, 0.3) is 22.3 Å². The Kier molecular flexibility index (Phi) is 40.6. The second kappa shape index (κ2) is 46.1. The van der Waals surface area contributed by atoms with Crippen LogP contribution in [0.1, 0.15) is 79.2 Å². The molecule has 6 rings (SSSR count). The van der Waals surface area contributed by atoms with Gasteiger partial charge in [-0.2, -0.15) is 8.62 Å². The molecule has 0 saturated carbocycles. The van der Waals surface area contributed by atoms with Gasteiger partial charge in [-0.15, -0.1) is 13.2 Å². The van der Waals surface area contributed by atoms with Gasteiger partial charge in [0.1, 0.15) is 72.5 Å². The van der Waals surface area contributed by atoms with Crippen LogP contribution in [0.2, 0.25) is 0 Å². The molecular formula is C57H92N14O38P6S2. The molecule has 0 radical (unpaired) electrons. The second-order valence-corrected chi connectivity index (χ2v) is 36.5. The molecule has 2 aliphatic rings. The fraction of sp³-hybridized carbons (Fsp3) is 0.596. The highest BCUT2D eigenvalue weighted by atomic mass is 32.2. The summed E-state index contributed by atoms with van der Waals surface area (Å²) in [7, 11) is -32.8. The number of carboxylic acid groups (broad SMARTS) is 1. The number of anilines is 2. The van der Waals surface area contributed by atoms with E-state index < -0.39 is 187 Å². The first-order chi connectivity index (χ1) is 54.2. The van der Waals surface area contributed by atoms with Crippen LogP contribution in [0.4, 0.5) is 11.6 Å². The molecule has 0 bridgehead atoms. The van der Waals surface area contributed by atoms with Crippen molar-refractivity contribution >= 4 is 144 Å². The number of aromatic nitrogens is 8. The molecule has 4 aromatic rings. The molecule has 60 heteroatoms. The van der Waals surface area contributed by atoms with Gasteiger partial charge < -0.3 is 117 Å². The molecule has 6 unspecified atom stereocenters. The number of rotatable bonds is 46. The highest BCUT2D eigenvalue weighted by Gasteiger charge is 2.53. The Balaban J connectivity index is 0.000000454. The molecule has 16 atom stereocenters. The predicted octanol–water partition coefficient (Wildman–Crippen LogP) is -1.76. The molecule has 6 heterocycles. The Bertz CT molecular complexity index is 4150. The monoisotopic (exact) mass is 1830 g/mol. The Hall–Kier alpha value is -6.27. The van der Waals surface area contributed by atoms with E-state index in [4.69, 9.17) is 44.1 Å². The number of carbonyl (C=O) groups is 7. The van der Waals surface area contributed by atoms with Gasteiger partial charge in [0.15, 0.2) is 45.6 Å². The first-order valence-electron chi connectivity index (χ1n) is 33.8. The number of imidazole rings is 2. The summed E-state index contributed by atoms with van der Waals surface area (Å²) >= 11 is 1.81. The van der Waals surface area contributed by atoms with E-state index in [-0.39, 0.29) is 108 Å². The highest BCUT2D eigenvalue weighted by Crippen LogP contribution is 2.63. The number of phosphoric acid groups is 6. The van der Waals surface area contributed by atoms with E-state index in [1.165, 1.54) is 39.8 Å². The van der Waals surface area contributed by atoms with E-state index in [1.807, 2.05) is 6.92 Å². The van der Waals surface area contributed by atoms with E-state index in [0.29, 0.717) is 0 Å². The minimum Gasteiger partial charge on any atom is -0.478 e. The quantitative estimate of drug-likeness (QED) is 0.0101. The normalized spacial score (nSPS) is 21.6. The number of aliphatic hydroxyl groups excluding tert-OH is 6. The number of carbonyl (C=O) groups excluding carboxylic acids is 6. The summed E-state index contributed by atoms with van der Waals surface area (Å²) in [6.07, 6.45) is -10.2. The van der Waals surface area contributed by atoms with Crippen LogP contribution in [0, 0.1) is 10.8 Å². The SMILES string of the molecule is C=CC(O)CC(=O)SCCNC(=O)CCNC(=O)[C@H](O)C(C)(C)COP(=O)(O)OP(=O)(O)OC[C@H]1O[C@@H](n2cnc3c(N)ncnc32)[C@H](O)[C@@H]1OP(=O)(O)O.C=CC(O)CC(=O)SCCNC(=O)CCNC(=O)[C@H](O)C(C)(C)COP(=O)(O)OP(=O)(O)OC[C@H]1O[C@@H](n2cnc3c(N)ncnc32)[C@H](O)[C@@H]1OP(=O)(O)O.CCC=CC(=O)O. The summed E-state index contributed by atoms with van der Waals surface area (Å²) in [6.45, 7) is 9.25. The zero-order valence-corrected chi connectivity index (χ0v) is 69.4. The van der Waals surface area contributed by atoms with Crippen molar-refractivity contribution < 1.29 is 181 Å². The number of hydrogen-bond acceptors (Lipinski definition) is 39. The van der Waals surface area contributed by atoms with E-state index in [1.54, 1.807) is 6.08 Å². The summed E-state index contributed by atoms with van der Waals surface area (Å²) < 4.78 is 124. The van der Waals surface area contributed by atoms with E-state index >= 15 is 0 Å². The van der Waals surface area contributed by atoms with Gasteiger partial charge in [0.2, 0.25) is 23.6 Å². The maximum absolute atomic E-state index is 12.7. The Morgan fingerprint density at radius 1 is 0.564 bits per heavy atom.